The summed E-state index contributed by atoms with van der Waals surface area (Å²) in [5.41, 5.74) is 6.97. The van der Waals surface area contributed by atoms with Crippen LogP contribution in [0.2, 0.25) is 0 Å². The molecule has 0 bridgehead atoms. The minimum atomic E-state index is 0.590. The van der Waals surface area contributed by atoms with Crippen LogP contribution in [0.25, 0.3) is 0 Å². The fourth-order valence-electron chi connectivity index (χ4n) is 1.52. The fraction of sp³-hybridized carbons (Fsp3) is 0.273. The van der Waals surface area contributed by atoms with Crippen LogP contribution in [0.1, 0.15) is 11.4 Å². The lowest BCUT2D eigenvalue weighted by Gasteiger charge is -2.03. The molecule has 2 rings (SSSR count). The van der Waals surface area contributed by atoms with E-state index in [9.17, 15) is 0 Å². The number of anilines is 2. The number of hydrogen-bond donors (Lipinski definition) is 3. The molecule has 0 amide bonds. The van der Waals surface area contributed by atoms with E-state index in [1.165, 1.54) is 5.56 Å². The van der Waals surface area contributed by atoms with Crippen LogP contribution in [-0.2, 0) is 6.42 Å². The topological polar surface area (TPSA) is 79.6 Å². The minimum Gasteiger partial charge on any atom is -0.382 e. The molecule has 2 heterocycles. The third kappa shape index (κ3) is 2.50. The molecule has 0 aliphatic rings. The average Bonchev–Trinajstić information content (AvgIpc) is 2.59. The molecule has 0 unspecified atom stereocenters. The van der Waals surface area contributed by atoms with Crippen LogP contribution < -0.4 is 11.1 Å². The van der Waals surface area contributed by atoms with Crippen LogP contribution in [0, 0.1) is 6.92 Å². The molecular formula is C11H15N5. The summed E-state index contributed by atoms with van der Waals surface area (Å²) in [4.78, 5) is 11.2. The van der Waals surface area contributed by atoms with Gasteiger partial charge in [0.25, 0.3) is 0 Å². The zero-order chi connectivity index (χ0) is 11.4. The normalized spacial score (nSPS) is 10.3. The lowest BCUT2D eigenvalue weighted by molar-refractivity contribution is 1.00. The molecule has 5 heteroatoms. The van der Waals surface area contributed by atoms with Crippen LogP contribution in [0.4, 0.5) is 11.6 Å². The predicted molar refractivity (Wildman–Crippen MR) is 64.2 cm³/mol. The molecule has 4 N–H and O–H groups in total. The van der Waals surface area contributed by atoms with Crippen molar-refractivity contribution in [1.82, 2.24) is 15.0 Å². The molecule has 0 aliphatic heterocycles. The standard InChI is InChI=1S/C11H15N5/c1-8-15-10(12)11(16-8)14-7-4-9-2-5-13-6-3-9/h2-3,5-6,14H,4,7,12H2,1H3,(H,15,16). The summed E-state index contributed by atoms with van der Waals surface area (Å²) in [7, 11) is 0. The summed E-state index contributed by atoms with van der Waals surface area (Å²) < 4.78 is 0. The highest BCUT2D eigenvalue weighted by Crippen LogP contribution is 2.13. The SMILES string of the molecule is Cc1nc(NCCc2ccncc2)c(N)[nH]1. The molecule has 84 valence electrons. The maximum atomic E-state index is 5.73. The van der Waals surface area contributed by atoms with Crippen molar-refractivity contribution in [2.45, 2.75) is 13.3 Å². The van der Waals surface area contributed by atoms with Gasteiger partial charge in [0.2, 0.25) is 0 Å². The maximum absolute atomic E-state index is 5.73. The van der Waals surface area contributed by atoms with E-state index in [1.54, 1.807) is 12.4 Å². The Hall–Kier alpha value is -2.04. The highest BCUT2D eigenvalue weighted by molar-refractivity contribution is 5.56. The summed E-state index contributed by atoms with van der Waals surface area (Å²) >= 11 is 0. The number of nitrogens with zero attached hydrogens (tertiary/aromatic N) is 2. The Morgan fingerprint density at radius 3 is 2.75 bits per heavy atom. The van der Waals surface area contributed by atoms with E-state index in [-0.39, 0.29) is 0 Å². The van der Waals surface area contributed by atoms with Gasteiger partial charge in [0.1, 0.15) is 11.6 Å². The van der Waals surface area contributed by atoms with Crippen molar-refractivity contribution < 1.29 is 0 Å². The fourth-order valence-corrected chi connectivity index (χ4v) is 1.52. The van der Waals surface area contributed by atoms with Crippen LogP contribution in [-0.4, -0.2) is 21.5 Å². The minimum absolute atomic E-state index is 0.590. The number of rotatable bonds is 4. The smallest absolute Gasteiger partial charge is 0.168 e. The predicted octanol–water partition coefficient (Wildman–Crippen LogP) is 1.35. The number of pyridine rings is 1. The third-order valence-corrected chi connectivity index (χ3v) is 2.31. The lowest BCUT2D eigenvalue weighted by atomic mass is 10.2. The molecule has 0 aromatic carbocycles. The average molecular weight is 217 g/mol. The Kier molecular flexibility index (Phi) is 3.05. The third-order valence-electron chi connectivity index (χ3n) is 2.31. The van der Waals surface area contributed by atoms with E-state index in [2.05, 4.69) is 20.3 Å². The lowest BCUT2D eigenvalue weighted by Crippen LogP contribution is -2.06. The zero-order valence-corrected chi connectivity index (χ0v) is 9.20. The maximum Gasteiger partial charge on any atom is 0.168 e. The van der Waals surface area contributed by atoms with Crippen molar-refractivity contribution >= 4 is 11.6 Å². The number of imidazole rings is 1. The number of nitrogens with one attached hydrogen (secondary N) is 2. The van der Waals surface area contributed by atoms with E-state index in [1.807, 2.05) is 19.1 Å². The van der Waals surface area contributed by atoms with Gasteiger partial charge in [-0.05, 0) is 31.0 Å². The Morgan fingerprint density at radius 1 is 1.38 bits per heavy atom. The van der Waals surface area contributed by atoms with Gasteiger partial charge in [0, 0.05) is 18.9 Å². The number of aromatic nitrogens is 3. The number of aromatic amines is 1. The van der Waals surface area contributed by atoms with E-state index in [0.29, 0.717) is 5.82 Å². The first-order chi connectivity index (χ1) is 7.75. The van der Waals surface area contributed by atoms with Gasteiger partial charge in [-0.2, -0.15) is 0 Å². The van der Waals surface area contributed by atoms with Crippen LogP contribution in [0.3, 0.4) is 0 Å². The van der Waals surface area contributed by atoms with Crippen molar-refractivity contribution in [2.75, 3.05) is 17.6 Å². The summed E-state index contributed by atoms with van der Waals surface area (Å²) in [5, 5.41) is 3.19. The Bertz CT molecular complexity index is 449. The van der Waals surface area contributed by atoms with Gasteiger partial charge in [-0.3, -0.25) is 4.98 Å². The molecule has 0 saturated carbocycles. The van der Waals surface area contributed by atoms with Gasteiger partial charge in [-0.1, -0.05) is 0 Å². The van der Waals surface area contributed by atoms with E-state index < -0.39 is 0 Å². The summed E-state index contributed by atoms with van der Waals surface area (Å²) in [6.45, 7) is 2.68. The highest BCUT2D eigenvalue weighted by Gasteiger charge is 2.03. The van der Waals surface area contributed by atoms with Crippen molar-refractivity contribution in [1.29, 1.82) is 0 Å². The van der Waals surface area contributed by atoms with Gasteiger partial charge in [0.15, 0.2) is 5.82 Å². The summed E-state index contributed by atoms with van der Waals surface area (Å²) in [6.07, 6.45) is 4.51. The second-order valence-corrected chi connectivity index (χ2v) is 3.62. The molecule has 2 aromatic rings. The molecule has 0 atom stereocenters. The first-order valence-electron chi connectivity index (χ1n) is 5.20. The van der Waals surface area contributed by atoms with Crippen molar-refractivity contribution in [3.05, 3.63) is 35.9 Å². The molecule has 0 aliphatic carbocycles. The quantitative estimate of drug-likeness (QED) is 0.722. The summed E-state index contributed by atoms with van der Waals surface area (Å²) in [5.74, 6) is 2.14. The second-order valence-electron chi connectivity index (χ2n) is 3.62. The molecule has 2 aromatic heterocycles. The van der Waals surface area contributed by atoms with E-state index in [0.717, 1.165) is 24.6 Å². The largest absolute Gasteiger partial charge is 0.382 e. The first-order valence-corrected chi connectivity index (χ1v) is 5.20. The van der Waals surface area contributed by atoms with Gasteiger partial charge in [0.05, 0.1) is 0 Å². The molecule has 0 saturated heterocycles. The van der Waals surface area contributed by atoms with E-state index in [4.69, 9.17) is 5.73 Å². The molecule has 0 spiro atoms. The molecule has 16 heavy (non-hydrogen) atoms. The van der Waals surface area contributed by atoms with Crippen LogP contribution in [0.5, 0.6) is 0 Å². The number of hydrogen-bond acceptors (Lipinski definition) is 4. The zero-order valence-electron chi connectivity index (χ0n) is 9.20. The number of nitrogen functional groups attached to an aromatic ring is 1. The van der Waals surface area contributed by atoms with Gasteiger partial charge >= 0.3 is 0 Å². The molecular weight excluding hydrogens is 202 g/mol. The van der Waals surface area contributed by atoms with Crippen molar-refractivity contribution in [3.63, 3.8) is 0 Å². The van der Waals surface area contributed by atoms with Crippen LogP contribution >= 0.6 is 0 Å². The number of aryl methyl sites for hydroxylation is 1. The monoisotopic (exact) mass is 217 g/mol. The Labute approximate surface area is 94.1 Å². The van der Waals surface area contributed by atoms with Crippen molar-refractivity contribution in [3.8, 4) is 0 Å². The Balaban J connectivity index is 1.87. The molecule has 0 fully saturated rings. The Morgan fingerprint density at radius 2 is 2.12 bits per heavy atom. The number of H-pyrrole nitrogens is 1. The molecule has 0 radical (unpaired) electrons. The molecule has 5 nitrogen and oxygen atoms in total. The number of nitrogens with two attached hydrogens (primary N) is 1. The van der Waals surface area contributed by atoms with Gasteiger partial charge in [-0.15, -0.1) is 0 Å². The van der Waals surface area contributed by atoms with Gasteiger partial charge in [-0.25, -0.2) is 4.98 Å². The van der Waals surface area contributed by atoms with Gasteiger partial charge < -0.3 is 16.0 Å². The summed E-state index contributed by atoms with van der Waals surface area (Å²) in [6, 6.07) is 4.00. The second kappa shape index (κ2) is 4.65. The van der Waals surface area contributed by atoms with Crippen LogP contribution in [0.15, 0.2) is 24.5 Å². The highest BCUT2D eigenvalue weighted by atomic mass is 15.1. The van der Waals surface area contributed by atoms with E-state index >= 15 is 0 Å². The van der Waals surface area contributed by atoms with Crippen molar-refractivity contribution in [2.24, 2.45) is 0 Å². The first kappa shape index (κ1) is 10.5.